The van der Waals surface area contributed by atoms with E-state index in [0.29, 0.717) is 5.56 Å². The Morgan fingerprint density at radius 3 is 2.45 bits per heavy atom. The first-order chi connectivity index (χ1) is 9.35. The summed E-state index contributed by atoms with van der Waals surface area (Å²) >= 11 is 0. The zero-order chi connectivity index (χ0) is 15.3. The molecule has 2 atom stereocenters. The molecule has 0 bridgehead atoms. The molecule has 0 spiro atoms. The van der Waals surface area contributed by atoms with Gasteiger partial charge in [-0.05, 0) is 24.6 Å². The number of carboxylic acids is 1. The molecule has 0 aliphatic rings. The van der Waals surface area contributed by atoms with Crippen LogP contribution in [-0.4, -0.2) is 46.5 Å². The predicted molar refractivity (Wildman–Crippen MR) is 69.5 cm³/mol. The molecule has 1 amide bonds. The molecular weight excluding hydrogens is 266 g/mol. The van der Waals surface area contributed by atoms with E-state index in [1.165, 1.54) is 32.2 Å². The second kappa shape index (κ2) is 6.76. The maximum absolute atomic E-state index is 11.6. The first kappa shape index (κ1) is 15.8. The molecule has 1 unspecified atom stereocenters. The van der Waals surface area contributed by atoms with Crippen molar-refractivity contribution in [1.29, 1.82) is 0 Å². The summed E-state index contributed by atoms with van der Waals surface area (Å²) in [5.74, 6) is -2.38. The van der Waals surface area contributed by atoms with Crippen LogP contribution in [0.5, 0.6) is 11.5 Å². The van der Waals surface area contributed by atoms with Gasteiger partial charge in [0, 0.05) is 13.5 Å². The number of nitrogens with one attached hydrogen (secondary N) is 1. The Labute approximate surface area is 115 Å². The number of carbonyl (C=O) groups excluding carboxylic acids is 1. The highest BCUT2D eigenvalue weighted by Crippen LogP contribution is 2.25. The molecular formula is C13H17NO6. The molecule has 7 nitrogen and oxygen atoms in total. The van der Waals surface area contributed by atoms with Gasteiger partial charge in [-0.15, -0.1) is 0 Å². The predicted octanol–water partition coefficient (Wildman–Crippen LogP) is 0.245. The van der Waals surface area contributed by atoms with Crippen molar-refractivity contribution in [3.8, 4) is 11.5 Å². The van der Waals surface area contributed by atoms with E-state index in [2.05, 4.69) is 5.32 Å². The molecule has 1 aromatic carbocycles. The molecule has 0 fully saturated rings. The van der Waals surface area contributed by atoms with Crippen LogP contribution in [0.15, 0.2) is 18.2 Å². The van der Waals surface area contributed by atoms with Crippen LogP contribution in [-0.2, 0) is 20.7 Å². The molecule has 1 aromatic rings. The summed E-state index contributed by atoms with van der Waals surface area (Å²) in [4.78, 5) is 22.7. The number of phenolic OH excluding ortho intramolecular Hbond substituents is 2. The number of carboxylic acid groups (broad SMARTS) is 1. The number of amides is 1. The number of benzene rings is 1. The summed E-state index contributed by atoms with van der Waals surface area (Å²) in [5, 5.41) is 30.0. The van der Waals surface area contributed by atoms with Crippen LogP contribution in [0.2, 0.25) is 0 Å². The van der Waals surface area contributed by atoms with Crippen molar-refractivity contribution in [2.24, 2.45) is 0 Å². The average Bonchev–Trinajstić information content (AvgIpc) is 2.40. The van der Waals surface area contributed by atoms with E-state index in [4.69, 9.17) is 9.84 Å². The maximum atomic E-state index is 11.6. The number of hydrogen-bond donors (Lipinski definition) is 4. The number of hydrogen-bond acceptors (Lipinski definition) is 5. The van der Waals surface area contributed by atoms with Crippen LogP contribution in [0.25, 0.3) is 0 Å². The van der Waals surface area contributed by atoms with Crippen molar-refractivity contribution in [3.63, 3.8) is 0 Å². The van der Waals surface area contributed by atoms with Gasteiger partial charge < -0.3 is 25.4 Å². The SMILES string of the molecule is COC(C)C(=O)N[C@@H](Cc1ccc(O)c(O)c1)C(=O)O. The zero-order valence-electron chi connectivity index (χ0n) is 11.2. The minimum Gasteiger partial charge on any atom is -0.504 e. The fraction of sp³-hybridized carbons (Fsp3) is 0.385. The van der Waals surface area contributed by atoms with E-state index >= 15 is 0 Å². The monoisotopic (exact) mass is 283 g/mol. The summed E-state index contributed by atoms with van der Waals surface area (Å²) in [7, 11) is 1.35. The summed E-state index contributed by atoms with van der Waals surface area (Å²) in [6.07, 6.45) is -0.782. The number of ether oxygens (including phenoxy) is 1. The molecule has 4 N–H and O–H groups in total. The number of aliphatic carboxylic acids is 1. The molecule has 0 saturated carbocycles. The zero-order valence-corrected chi connectivity index (χ0v) is 11.2. The second-order valence-corrected chi connectivity index (χ2v) is 4.30. The molecule has 0 aromatic heterocycles. The van der Waals surface area contributed by atoms with Crippen molar-refractivity contribution in [2.75, 3.05) is 7.11 Å². The minimum atomic E-state index is -1.20. The number of phenols is 2. The lowest BCUT2D eigenvalue weighted by Crippen LogP contribution is -2.46. The van der Waals surface area contributed by atoms with E-state index in [0.717, 1.165) is 0 Å². The quantitative estimate of drug-likeness (QED) is 0.556. The highest BCUT2D eigenvalue weighted by Gasteiger charge is 2.23. The normalized spacial score (nSPS) is 13.5. The van der Waals surface area contributed by atoms with Crippen LogP contribution >= 0.6 is 0 Å². The first-order valence-corrected chi connectivity index (χ1v) is 5.92. The Morgan fingerprint density at radius 2 is 1.95 bits per heavy atom. The van der Waals surface area contributed by atoms with Crippen LogP contribution in [0.3, 0.4) is 0 Å². The molecule has 0 saturated heterocycles. The lowest BCUT2D eigenvalue weighted by Gasteiger charge is -2.17. The van der Waals surface area contributed by atoms with Gasteiger partial charge in [0.15, 0.2) is 11.5 Å². The van der Waals surface area contributed by atoms with Gasteiger partial charge in [-0.1, -0.05) is 6.07 Å². The van der Waals surface area contributed by atoms with E-state index < -0.39 is 24.0 Å². The van der Waals surface area contributed by atoms with E-state index in [1.54, 1.807) is 0 Å². The Kier molecular flexibility index (Phi) is 5.33. The van der Waals surface area contributed by atoms with Gasteiger partial charge in [-0.2, -0.15) is 0 Å². The highest BCUT2D eigenvalue weighted by atomic mass is 16.5. The summed E-state index contributed by atoms with van der Waals surface area (Å²) in [5.41, 5.74) is 0.470. The standard InChI is InChI=1S/C13H17NO6/c1-7(20-2)12(17)14-9(13(18)19)5-8-3-4-10(15)11(16)6-8/h3-4,6-7,9,15-16H,5H2,1-2H3,(H,14,17)(H,18,19)/t7?,9-/m0/s1. The van der Waals surface area contributed by atoms with Crippen LogP contribution in [0.4, 0.5) is 0 Å². The van der Waals surface area contributed by atoms with Crippen molar-refractivity contribution in [2.45, 2.75) is 25.5 Å². The van der Waals surface area contributed by atoms with Gasteiger partial charge >= 0.3 is 5.97 Å². The Bertz CT molecular complexity index is 502. The molecule has 0 heterocycles. The summed E-state index contributed by atoms with van der Waals surface area (Å²) < 4.78 is 4.80. The second-order valence-electron chi connectivity index (χ2n) is 4.30. The Morgan fingerprint density at radius 1 is 1.30 bits per heavy atom. The van der Waals surface area contributed by atoms with Crippen LogP contribution in [0, 0.1) is 0 Å². The molecule has 7 heteroatoms. The van der Waals surface area contributed by atoms with E-state index in [-0.39, 0.29) is 17.9 Å². The largest absolute Gasteiger partial charge is 0.504 e. The van der Waals surface area contributed by atoms with Crippen molar-refractivity contribution >= 4 is 11.9 Å². The third-order valence-electron chi connectivity index (χ3n) is 2.82. The lowest BCUT2D eigenvalue weighted by molar-refractivity contribution is -0.143. The highest BCUT2D eigenvalue weighted by molar-refractivity contribution is 5.86. The fourth-order valence-corrected chi connectivity index (χ4v) is 1.53. The molecule has 0 aliphatic heterocycles. The van der Waals surface area contributed by atoms with Gasteiger partial charge in [-0.3, -0.25) is 4.79 Å². The molecule has 0 aliphatic carbocycles. The van der Waals surface area contributed by atoms with Crippen molar-refractivity contribution in [1.82, 2.24) is 5.32 Å². The Balaban J connectivity index is 2.79. The van der Waals surface area contributed by atoms with Crippen molar-refractivity contribution < 1.29 is 29.6 Å². The molecule has 0 radical (unpaired) electrons. The van der Waals surface area contributed by atoms with Gasteiger partial charge in [0.2, 0.25) is 5.91 Å². The third kappa shape index (κ3) is 4.13. The molecule has 1 rings (SSSR count). The van der Waals surface area contributed by atoms with Gasteiger partial charge in [0.1, 0.15) is 12.1 Å². The number of carbonyl (C=O) groups is 2. The van der Waals surface area contributed by atoms with Gasteiger partial charge in [-0.25, -0.2) is 4.79 Å². The number of rotatable bonds is 6. The summed E-state index contributed by atoms with van der Waals surface area (Å²) in [6.45, 7) is 1.50. The molecule has 110 valence electrons. The van der Waals surface area contributed by atoms with E-state index in [1.807, 2.05) is 0 Å². The van der Waals surface area contributed by atoms with Crippen molar-refractivity contribution in [3.05, 3.63) is 23.8 Å². The molecule has 20 heavy (non-hydrogen) atoms. The number of methoxy groups -OCH3 is 1. The Hall–Kier alpha value is -2.28. The van der Waals surface area contributed by atoms with Gasteiger partial charge in [0.25, 0.3) is 0 Å². The minimum absolute atomic E-state index is 0.0225. The van der Waals surface area contributed by atoms with Crippen LogP contribution < -0.4 is 5.32 Å². The summed E-state index contributed by atoms with van der Waals surface area (Å²) in [6, 6.07) is 2.82. The fourth-order valence-electron chi connectivity index (χ4n) is 1.53. The van der Waals surface area contributed by atoms with Crippen LogP contribution in [0.1, 0.15) is 12.5 Å². The lowest BCUT2D eigenvalue weighted by atomic mass is 10.0. The van der Waals surface area contributed by atoms with E-state index in [9.17, 15) is 19.8 Å². The number of aromatic hydroxyl groups is 2. The maximum Gasteiger partial charge on any atom is 0.326 e. The smallest absolute Gasteiger partial charge is 0.326 e. The first-order valence-electron chi connectivity index (χ1n) is 5.92. The van der Waals surface area contributed by atoms with Gasteiger partial charge in [0.05, 0.1) is 0 Å². The topological polar surface area (TPSA) is 116 Å². The third-order valence-corrected chi connectivity index (χ3v) is 2.82. The average molecular weight is 283 g/mol.